The molecule has 25 heavy (non-hydrogen) atoms. The van der Waals surface area contributed by atoms with Gasteiger partial charge in [-0.1, -0.05) is 38.1 Å². The lowest BCUT2D eigenvalue weighted by Gasteiger charge is -2.10. The zero-order valence-electron chi connectivity index (χ0n) is 14.3. The van der Waals surface area contributed by atoms with Crippen molar-refractivity contribution in [2.24, 2.45) is 0 Å². The SMILES string of the molecule is C=CCNS(=O)(=O)c1cccc(C(=O)Nc2ccc(C(C)C)cc2)c1. The molecule has 0 aliphatic heterocycles. The summed E-state index contributed by atoms with van der Waals surface area (Å²) in [6.45, 7) is 7.80. The predicted molar refractivity (Wildman–Crippen MR) is 100 cm³/mol. The van der Waals surface area contributed by atoms with Crippen molar-refractivity contribution < 1.29 is 13.2 Å². The molecule has 2 aromatic carbocycles. The number of carbonyl (C=O) groups excluding carboxylic acids is 1. The van der Waals surface area contributed by atoms with E-state index in [9.17, 15) is 13.2 Å². The fourth-order valence-corrected chi connectivity index (χ4v) is 3.25. The van der Waals surface area contributed by atoms with Crippen LogP contribution in [-0.2, 0) is 10.0 Å². The molecule has 0 aliphatic rings. The summed E-state index contributed by atoms with van der Waals surface area (Å²) in [5.41, 5.74) is 2.11. The van der Waals surface area contributed by atoms with Gasteiger partial charge in [0.2, 0.25) is 10.0 Å². The lowest BCUT2D eigenvalue weighted by molar-refractivity contribution is 0.102. The summed E-state index contributed by atoms with van der Waals surface area (Å²) in [6, 6.07) is 13.5. The Bertz CT molecular complexity index is 856. The molecule has 0 saturated carbocycles. The molecule has 2 N–H and O–H groups in total. The number of rotatable bonds is 7. The minimum Gasteiger partial charge on any atom is -0.322 e. The molecule has 0 atom stereocenters. The van der Waals surface area contributed by atoms with E-state index < -0.39 is 10.0 Å². The summed E-state index contributed by atoms with van der Waals surface area (Å²) in [4.78, 5) is 12.4. The third-order valence-corrected chi connectivity index (χ3v) is 5.08. The van der Waals surface area contributed by atoms with Crippen LogP contribution in [0.2, 0.25) is 0 Å². The highest BCUT2D eigenvalue weighted by Crippen LogP contribution is 2.18. The molecule has 132 valence electrons. The van der Waals surface area contributed by atoms with Crippen LogP contribution in [0.3, 0.4) is 0 Å². The minimum absolute atomic E-state index is 0.0390. The third kappa shape index (κ3) is 5.01. The smallest absolute Gasteiger partial charge is 0.255 e. The van der Waals surface area contributed by atoms with Crippen LogP contribution in [0.4, 0.5) is 5.69 Å². The standard InChI is InChI=1S/C19H22N2O3S/c1-4-12-20-25(23,24)18-7-5-6-16(13-18)19(22)21-17-10-8-15(9-11-17)14(2)3/h4-11,13-14,20H,1,12H2,2-3H3,(H,21,22). The molecule has 0 radical (unpaired) electrons. The van der Waals surface area contributed by atoms with E-state index in [1.807, 2.05) is 24.3 Å². The molecule has 1 amide bonds. The monoisotopic (exact) mass is 358 g/mol. The van der Waals surface area contributed by atoms with E-state index in [1.54, 1.807) is 12.1 Å². The molecule has 0 bridgehead atoms. The number of carbonyl (C=O) groups is 1. The Labute approximate surface area is 148 Å². The maximum atomic E-state index is 12.4. The van der Waals surface area contributed by atoms with Crippen LogP contribution < -0.4 is 10.0 Å². The first-order valence-corrected chi connectivity index (χ1v) is 9.44. The Kier molecular flexibility index (Phi) is 6.12. The van der Waals surface area contributed by atoms with Crippen LogP contribution in [0, 0.1) is 0 Å². The lowest BCUT2D eigenvalue weighted by atomic mass is 10.0. The van der Waals surface area contributed by atoms with E-state index in [0.717, 1.165) is 0 Å². The average Bonchev–Trinajstić information content (AvgIpc) is 2.60. The highest BCUT2D eigenvalue weighted by Gasteiger charge is 2.15. The largest absolute Gasteiger partial charge is 0.322 e. The second-order valence-electron chi connectivity index (χ2n) is 5.90. The molecule has 2 rings (SSSR count). The first-order chi connectivity index (χ1) is 11.8. The molecule has 0 spiro atoms. The summed E-state index contributed by atoms with van der Waals surface area (Å²) in [6.07, 6.45) is 1.45. The molecule has 0 saturated heterocycles. The van der Waals surface area contributed by atoms with E-state index in [4.69, 9.17) is 0 Å². The summed E-state index contributed by atoms with van der Waals surface area (Å²) >= 11 is 0. The molecule has 2 aromatic rings. The first-order valence-electron chi connectivity index (χ1n) is 7.95. The van der Waals surface area contributed by atoms with Crippen molar-refractivity contribution in [3.8, 4) is 0 Å². The van der Waals surface area contributed by atoms with E-state index in [2.05, 4.69) is 30.5 Å². The second kappa shape index (κ2) is 8.09. The van der Waals surface area contributed by atoms with Gasteiger partial charge < -0.3 is 5.32 Å². The van der Waals surface area contributed by atoms with Crippen LogP contribution in [0.5, 0.6) is 0 Å². The molecule has 0 unspecified atom stereocenters. The van der Waals surface area contributed by atoms with Gasteiger partial charge in [0.25, 0.3) is 5.91 Å². The quantitative estimate of drug-likeness (QED) is 0.744. The van der Waals surface area contributed by atoms with Gasteiger partial charge in [-0.05, 0) is 41.8 Å². The van der Waals surface area contributed by atoms with Crippen molar-refractivity contribution in [1.82, 2.24) is 4.72 Å². The zero-order valence-corrected chi connectivity index (χ0v) is 15.1. The number of benzene rings is 2. The van der Waals surface area contributed by atoms with Gasteiger partial charge in [-0.2, -0.15) is 0 Å². The number of hydrogen-bond donors (Lipinski definition) is 2. The number of nitrogens with one attached hydrogen (secondary N) is 2. The fourth-order valence-electron chi connectivity index (χ4n) is 2.21. The van der Waals surface area contributed by atoms with Crippen molar-refractivity contribution in [2.75, 3.05) is 11.9 Å². The Balaban J connectivity index is 2.17. The number of anilines is 1. The van der Waals surface area contributed by atoms with Crippen molar-refractivity contribution in [3.63, 3.8) is 0 Å². The van der Waals surface area contributed by atoms with E-state index in [-0.39, 0.29) is 22.9 Å². The maximum absolute atomic E-state index is 12.4. The van der Waals surface area contributed by atoms with Crippen LogP contribution in [0.25, 0.3) is 0 Å². The predicted octanol–water partition coefficient (Wildman–Crippen LogP) is 3.53. The summed E-state index contributed by atoms with van der Waals surface area (Å²) in [7, 11) is -3.67. The molecular weight excluding hydrogens is 336 g/mol. The Morgan fingerprint density at radius 1 is 1.16 bits per heavy atom. The minimum atomic E-state index is -3.67. The molecule has 5 nitrogen and oxygen atoms in total. The van der Waals surface area contributed by atoms with Gasteiger partial charge in [0, 0.05) is 17.8 Å². The molecule has 0 heterocycles. The lowest BCUT2D eigenvalue weighted by Crippen LogP contribution is -2.24. The van der Waals surface area contributed by atoms with E-state index >= 15 is 0 Å². The molecule has 0 aliphatic carbocycles. The third-order valence-electron chi connectivity index (χ3n) is 3.66. The molecular formula is C19H22N2O3S. The summed E-state index contributed by atoms with van der Waals surface area (Å²) < 4.78 is 26.6. The fraction of sp³-hybridized carbons (Fsp3) is 0.211. The van der Waals surface area contributed by atoms with Crippen LogP contribution >= 0.6 is 0 Å². The maximum Gasteiger partial charge on any atom is 0.255 e. The van der Waals surface area contributed by atoms with Gasteiger partial charge in [-0.15, -0.1) is 6.58 Å². The Hall–Kier alpha value is -2.44. The van der Waals surface area contributed by atoms with Gasteiger partial charge in [0.05, 0.1) is 4.90 Å². The van der Waals surface area contributed by atoms with Crippen molar-refractivity contribution in [1.29, 1.82) is 0 Å². The summed E-state index contributed by atoms with van der Waals surface area (Å²) in [5.74, 6) is 0.0489. The van der Waals surface area contributed by atoms with Gasteiger partial charge >= 0.3 is 0 Å². The average molecular weight is 358 g/mol. The van der Waals surface area contributed by atoms with Crippen molar-refractivity contribution in [2.45, 2.75) is 24.7 Å². The second-order valence-corrected chi connectivity index (χ2v) is 7.67. The van der Waals surface area contributed by atoms with Crippen LogP contribution in [0.1, 0.15) is 35.7 Å². The van der Waals surface area contributed by atoms with Crippen molar-refractivity contribution >= 4 is 21.6 Å². The van der Waals surface area contributed by atoms with Crippen LogP contribution in [0.15, 0.2) is 66.1 Å². The first kappa shape index (κ1) is 18.9. The molecule has 0 aromatic heterocycles. The number of hydrogen-bond acceptors (Lipinski definition) is 3. The highest BCUT2D eigenvalue weighted by molar-refractivity contribution is 7.89. The molecule has 6 heteroatoms. The van der Waals surface area contributed by atoms with Gasteiger partial charge in [0.15, 0.2) is 0 Å². The normalized spacial score (nSPS) is 11.3. The highest BCUT2D eigenvalue weighted by atomic mass is 32.2. The summed E-state index contributed by atoms with van der Waals surface area (Å²) in [5, 5.41) is 2.78. The van der Waals surface area contributed by atoms with Crippen LogP contribution in [-0.4, -0.2) is 20.9 Å². The van der Waals surface area contributed by atoms with Gasteiger partial charge in [-0.25, -0.2) is 13.1 Å². The zero-order chi connectivity index (χ0) is 18.4. The number of sulfonamides is 1. The Morgan fingerprint density at radius 2 is 1.84 bits per heavy atom. The van der Waals surface area contributed by atoms with Gasteiger partial charge in [0.1, 0.15) is 0 Å². The van der Waals surface area contributed by atoms with Crippen molar-refractivity contribution in [3.05, 3.63) is 72.3 Å². The Morgan fingerprint density at radius 3 is 2.44 bits per heavy atom. The molecule has 0 fully saturated rings. The van der Waals surface area contributed by atoms with E-state index in [1.165, 1.54) is 23.8 Å². The topological polar surface area (TPSA) is 75.3 Å². The number of amides is 1. The van der Waals surface area contributed by atoms with E-state index in [0.29, 0.717) is 11.6 Å². The van der Waals surface area contributed by atoms with Gasteiger partial charge in [-0.3, -0.25) is 4.79 Å².